The van der Waals surface area contributed by atoms with Crippen molar-refractivity contribution in [2.24, 2.45) is 5.73 Å². The molecule has 0 saturated carbocycles. The smallest absolute Gasteiger partial charge is 0.128 e. The Balaban J connectivity index is 2.19. The van der Waals surface area contributed by atoms with E-state index in [9.17, 15) is 5.11 Å². The summed E-state index contributed by atoms with van der Waals surface area (Å²) in [6.45, 7) is 0.457. The fourth-order valence-electron chi connectivity index (χ4n) is 1.87. The summed E-state index contributed by atoms with van der Waals surface area (Å²) < 4.78 is 1.12. The number of para-hydroxylation sites is 1. The summed E-state index contributed by atoms with van der Waals surface area (Å²) in [5, 5.41) is 10.8. The lowest BCUT2D eigenvalue weighted by Crippen LogP contribution is -1.95. The SMILES string of the molecule is NCc1ccc(O)c(-c2nc3ccccc3s2)c1. The maximum Gasteiger partial charge on any atom is 0.128 e. The van der Waals surface area contributed by atoms with Crippen molar-refractivity contribution in [2.75, 3.05) is 0 Å². The van der Waals surface area contributed by atoms with E-state index in [1.54, 1.807) is 17.4 Å². The second-order valence-corrected chi connectivity index (χ2v) is 5.07. The number of benzene rings is 2. The first kappa shape index (κ1) is 11.2. The van der Waals surface area contributed by atoms with E-state index >= 15 is 0 Å². The largest absolute Gasteiger partial charge is 0.507 e. The molecule has 0 aliphatic heterocycles. The third-order valence-electron chi connectivity index (χ3n) is 2.82. The highest BCUT2D eigenvalue weighted by Gasteiger charge is 2.10. The van der Waals surface area contributed by atoms with Crippen LogP contribution in [-0.2, 0) is 6.54 Å². The van der Waals surface area contributed by atoms with E-state index < -0.39 is 0 Å². The first-order chi connectivity index (χ1) is 8.78. The number of aromatic hydroxyl groups is 1. The van der Waals surface area contributed by atoms with Crippen molar-refractivity contribution in [2.45, 2.75) is 6.54 Å². The highest BCUT2D eigenvalue weighted by atomic mass is 32.1. The zero-order valence-corrected chi connectivity index (χ0v) is 10.4. The summed E-state index contributed by atoms with van der Waals surface area (Å²) >= 11 is 1.57. The number of aromatic nitrogens is 1. The van der Waals surface area contributed by atoms with E-state index in [0.29, 0.717) is 6.54 Å². The van der Waals surface area contributed by atoms with Gasteiger partial charge in [0.2, 0.25) is 0 Å². The topological polar surface area (TPSA) is 59.1 Å². The van der Waals surface area contributed by atoms with Crippen molar-refractivity contribution in [3.8, 4) is 16.3 Å². The van der Waals surface area contributed by atoms with E-state index in [1.165, 1.54) is 0 Å². The fraction of sp³-hybridized carbons (Fsp3) is 0.0714. The molecule has 0 unspecified atom stereocenters. The quantitative estimate of drug-likeness (QED) is 0.740. The lowest BCUT2D eigenvalue weighted by molar-refractivity contribution is 0.477. The molecule has 0 amide bonds. The van der Waals surface area contributed by atoms with Crippen LogP contribution >= 0.6 is 11.3 Å². The van der Waals surface area contributed by atoms with Gasteiger partial charge in [-0.2, -0.15) is 0 Å². The number of rotatable bonds is 2. The monoisotopic (exact) mass is 256 g/mol. The van der Waals surface area contributed by atoms with E-state index in [2.05, 4.69) is 4.98 Å². The van der Waals surface area contributed by atoms with Crippen LogP contribution < -0.4 is 5.73 Å². The minimum Gasteiger partial charge on any atom is -0.507 e. The molecule has 90 valence electrons. The summed E-state index contributed by atoms with van der Waals surface area (Å²) in [6.07, 6.45) is 0. The van der Waals surface area contributed by atoms with Gasteiger partial charge in [-0.3, -0.25) is 0 Å². The van der Waals surface area contributed by atoms with Crippen molar-refractivity contribution < 1.29 is 5.11 Å². The Hall–Kier alpha value is -1.91. The lowest BCUT2D eigenvalue weighted by atomic mass is 10.1. The molecule has 1 aromatic heterocycles. The first-order valence-corrected chi connectivity index (χ1v) is 6.47. The highest BCUT2D eigenvalue weighted by Crippen LogP contribution is 2.35. The molecule has 18 heavy (non-hydrogen) atoms. The van der Waals surface area contributed by atoms with Crippen LogP contribution in [0.3, 0.4) is 0 Å². The van der Waals surface area contributed by atoms with Crippen LogP contribution in [0.15, 0.2) is 42.5 Å². The molecule has 3 N–H and O–H groups in total. The summed E-state index contributed by atoms with van der Waals surface area (Å²) in [6, 6.07) is 13.3. The minimum atomic E-state index is 0.242. The molecule has 3 rings (SSSR count). The lowest BCUT2D eigenvalue weighted by Gasteiger charge is -2.03. The average Bonchev–Trinajstić information content (AvgIpc) is 2.82. The number of phenolic OH excluding ortho intramolecular Hbond substituents is 1. The molecular weight excluding hydrogens is 244 g/mol. The van der Waals surface area contributed by atoms with Gasteiger partial charge >= 0.3 is 0 Å². The second-order valence-electron chi connectivity index (χ2n) is 4.04. The van der Waals surface area contributed by atoms with Gasteiger partial charge in [-0.15, -0.1) is 11.3 Å². The van der Waals surface area contributed by atoms with Gasteiger partial charge in [0, 0.05) is 6.54 Å². The van der Waals surface area contributed by atoms with Gasteiger partial charge in [0.25, 0.3) is 0 Å². The maximum absolute atomic E-state index is 9.93. The summed E-state index contributed by atoms with van der Waals surface area (Å²) in [4.78, 5) is 4.54. The summed E-state index contributed by atoms with van der Waals surface area (Å²) in [5.41, 5.74) is 8.31. The second kappa shape index (κ2) is 4.40. The molecule has 0 atom stereocenters. The van der Waals surface area contributed by atoms with Crippen LogP contribution in [-0.4, -0.2) is 10.1 Å². The van der Waals surface area contributed by atoms with Crippen molar-refractivity contribution in [1.29, 1.82) is 0 Å². The van der Waals surface area contributed by atoms with Gasteiger partial charge in [0.05, 0.1) is 15.8 Å². The molecule has 0 saturated heterocycles. The van der Waals surface area contributed by atoms with Crippen LogP contribution in [0.25, 0.3) is 20.8 Å². The number of phenols is 1. The predicted molar refractivity (Wildman–Crippen MR) is 74.6 cm³/mol. The molecule has 0 aliphatic rings. The zero-order chi connectivity index (χ0) is 12.5. The van der Waals surface area contributed by atoms with Gasteiger partial charge in [0.1, 0.15) is 10.8 Å². The third-order valence-corrected chi connectivity index (χ3v) is 3.89. The van der Waals surface area contributed by atoms with E-state index in [1.807, 2.05) is 36.4 Å². The van der Waals surface area contributed by atoms with Crippen molar-refractivity contribution >= 4 is 21.6 Å². The minimum absolute atomic E-state index is 0.242. The Labute approximate surface area is 109 Å². The van der Waals surface area contributed by atoms with Crippen LogP contribution in [0.5, 0.6) is 5.75 Å². The standard InChI is InChI=1S/C14H12N2OS/c15-8-9-5-6-12(17)10(7-9)14-16-11-3-1-2-4-13(11)18-14/h1-7,17H,8,15H2. The first-order valence-electron chi connectivity index (χ1n) is 5.66. The zero-order valence-electron chi connectivity index (χ0n) is 9.63. The van der Waals surface area contributed by atoms with Gasteiger partial charge in [0.15, 0.2) is 0 Å². The number of hydrogen-bond acceptors (Lipinski definition) is 4. The van der Waals surface area contributed by atoms with Crippen molar-refractivity contribution in [1.82, 2.24) is 4.98 Å². The van der Waals surface area contributed by atoms with Crippen molar-refractivity contribution in [3.63, 3.8) is 0 Å². The number of nitrogens with two attached hydrogens (primary N) is 1. The number of thiazole rings is 1. The molecule has 0 aliphatic carbocycles. The van der Waals surface area contributed by atoms with Gasteiger partial charge in [-0.25, -0.2) is 4.98 Å². The van der Waals surface area contributed by atoms with E-state index in [-0.39, 0.29) is 5.75 Å². The van der Waals surface area contributed by atoms with Crippen LogP contribution in [0, 0.1) is 0 Å². The van der Waals surface area contributed by atoms with Crippen LogP contribution in [0.4, 0.5) is 0 Å². The molecule has 0 fully saturated rings. The molecular formula is C14H12N2OS. The molecule has 0 spiro atoms. The Morgan fingerprint density at radius 3 is 2.78 bits per heavy atom. The summed E-state index contributed by atoms with van der Waals surface area (Å²) in [7, 11) is 0. The molecule has 1 heterocycles. The Morgan fingerprint density at radius 1 is 1.17 bits per heavy atom. The molecule has 4 heteroatoms. The number of fused-ring (bicyclic) bond motifs is 1. The van der Waals surface area contributed by atoms with Gasteiger partial charge in [-0.1, -0.05) is 18.2 Å². The highest BCUT2D eigenvalue weighted by molar-refractivity contribution is 7.21. The third kappa shape index (κ3) is 1.85. The number of hydrogen-bond donors (Lipinski definition) is 2. The molecule has 0 radical (unpaired) electrons. The van der Waals surface area contributed by atoms with Crippen LogP contribution in [0.2, 0.25) is 0 Å². The molecule has 3 aromatic rings. The molecule has 2 aromatic carbocycles. The van der Waals surface area contributed by atoms with Gasteiger partial charge in [-0.05, 0) is 29.8 Å². The van der Waals surface area contributed by atoms with Gasteiger partial charge < -0.3 is 10.8 Å². The molecule has 3 nitrogen and oxygen atoms in total. The predicted octanol–water partition coefficient (Wildman–Crippen LogP) is 3.13. The Kier molecular flexibility index (Phi) is 2.74. The van der Waals surface area contributed by atoms with E-state index in [4.69, 9.17) is 5.73 Å². The Morgan fingerprint density at radius 2 is 2.00 bits per heavy atom. The summed E-state index contributed by atoms with van der Waals surface area (Å²) in [5.74, 6) is 0.242. The fourth-order valence-corrected chi connectivity index (χ4v) is 2.86. The molecule has 0 bridgehead atoms. The maximum atomic E-state index is 9.93. The number of nitrogens with zero attached hydrogens (tertiary/aromatic N) is 1. The van der Waals surface area contributed by atoms with Crippen LogP contribution in [0.1, 0.15) is 5.56 Å². The van der Waals surface area contributed by atoms with E-state index in [0.717, 1.165) is 26.4 Å². The average molecular weight is 256 g/mol. The normalized spacial score (nSPS) is 10.9. The Bertz CT molecular complexity index is 673. The van der Waals surface area contributed by atoms with Crippen molar-refractivity contribution in [3.05, 3.63) is 48.0 Å².